The summed E-state index contributed by atoms with van der Waals surface area (Å²) >= 11 is 1.37. The Balaban J connectivity index is 1.50. The molecular weight excluding hydrogens is 420 g/mol. The summed E-state index contributed by atoms with van der Waals surface area (Å²) in [4.78, 5) is 28.8. The van der Waals surface area contributed by atoms with Crippen LogP contribution in [-0.4, -0.2) is 34.2 Å². The Kier molecular flexibility index (Phi) is 6.67. The van der Waals surface area contributed by atoms with Gasteiger partial charge in [-0.1, -0.05) is 60.3 Å². The van der Waals surface area contributed by atoms with Gasteiger partial charge >= 0.3 is 0 Å². The van der Waals surface area contributed by atoms with E-state index >= 15 is 0 Å². The molecular formula is C25H22N4O2S. The van der Waals surface area contributed by atoms with Gasteiger partial charge in [0.25, 0.3) is 5.91 Å². The van der Waals surface area contributed by atoms with Crippen LogP contribution in [0.1, 0.15) is 10.4 Å². The van der Waals surface area contributed by atoms with E-state index in [1.807, 2.05) is 66.9 Å². The van der Waals surface area contributed by atoms with Crippen molar-refractivity contribution < 1.29 is 9.59 Å². The minimum absolute atomic E-state index is 0.147. The van der Waals surface area contributed by atoms with Crippen LogP contribution in [0.5, 0.6) is 0 Å². The highest BCUT2D eigenvalue weighted by atomic mass is 32.2. The van der Waals surface area contributed by atoms with Crippen LogP contribution >= 0.6 is 11.8 Å². The number of nitrogens with zero attached hydrogens (tertiary/aromatic N) is 2. The summed E-state index contributed by atoms with van der Waals surface area (Å²) in [6, 6.07) is 26.8. The van der Waals surface area contributed by atoms with Gasteiger partial charge in [0.05, 0.1) is 17.6 Å². The SMILES string of the molecule is CNC(=O)c1ccc(NC(=O)CSc2ncc(-c3ccccc3)n2-c2ccccc2)cc1. The lowest BCUT2D eigenvalue weighted by atomic mass is 10.1. The second-order valence-corrected chi connectivity index (χ2v) is 7.90. The van der Waals surface area contributed by atoms with Gasteiger partial charge in [-0.25, -0.2) is 4.98 Å². The van der Waals surface area contributed by atoms with E-state index in [0.717, 1.165) is 22.1 Å². The average molecular weight is 443 g/mol. The van der Waals surface area contributed by atoms with Crippen molar-refractivity contribution in [1.29, 1.82) is 0 Å². The minimum Gasteiger partial charge on any atom is -0.355 e. The molecule has 1 aromatic heterocycles. The van der Waals surface area contributed by atoms with Crippen LogP contribution in [0.25, 0.3) is 16.9 Å². The van der Waals surface area contributed by atoms with E-state index in [9.17, 15) is 9.59 Å². The lowest BCUT2D eigenvalue weighted by Gasteiger charge is -2.12. The third kappa shape index (κ3) is 4.90. The molecule has 32 heavy (non-hydrogen) atoms. The van der Waals surface area contributed by atoms with Crippen LogP contribution in [0.3, 0.4) is 0 Å². The molecule has 0 saturated heterocycles. The molecule has 0 fully saturated rings. The fraction of sp³-hybridized carbons (Fsp3) is 0.0800. The van der Waals surface area contributed by atoms with Crippen LogP contribution in [0.4, 0.5) is 5.69 Å². The van der Waals surface area contributed by atoms with Gasteiger partial charge in [0.1, 0.15) is 0 Å². The lowest BCUT2D eigenvalue weighted by Crippen LogP contribution is -2.18. The summed E-state index contributed by atoms with van der Waals surface area (Å²) in [5.41, 5.74) is 4.18. The zero-order valence-electron chi connectivity index (χ0n) is 17.5. The minimum atomic E-state index is -0.166. The Morgan fingerprint density at radius 3 is 2.22 bits per heavy atom. The number of carbonyl (C=O) groups is 2. The van der Waals surface area contributed by atoms with E-state index in [0.29, 0.717) is 11.3 Å². The maximum atomic E-state index is 12.5. The summed E-state index contributed by atoms with van der Waals surface area (Å²) in [6.07, 6.45) is 1.83. The largest absolute Gasteiger partial charge is 0.355 e. The second-order valence-electron chi connectivity index (χ2n) is 6.96. The molecule has 160 valence electrons. The Morgan fingerprint density at radius 2 is 1.56 bits per heavy atom. The molecule has 7 heteroatoms. The Morgan fingerprint density at radius 1 is 0.906 bits per heavy atom. The molecule has 0 bridgehead atoms. The van der Waals surface area contributed by atoms with E-state index in [2.05, 4.69) is 20.2 Å². The molecule has 0 aliphatic heterocycles. The van der Waals surface area contributed by atoms with Crippen molar-refractivity contribution in [3.8, 4) is 16.9 Å². The van der Waals surface area contributed by atoms with Crippen molar-refractivity contribution in [3.63, 3.8) is 0 Å². The van der Waals surface area contributed by atoms with Crippen LogP contribution in [-0.2, 0) is 4.79 Å². The van der Waals surface area contributed by atoms with Crippen molar-refractivity contribution in [2.75, 3.05) is 18.1 Å². The summed E-state index contributed by atoms with van der Waals surface area (Å²) in [7, 11) is 1.58. The molecule has 1 heterocycles. The summed E-state index contributed by atoms with van der Waals surface area (Å²) in [5.74, 6) is -0.109. The number of hydrogen-bond acceptors (Lipinski definition) is 4. The highest BCUT2D eigenvalue weighted by molar-refractivity contribution is 7.99. The number of nitrogens with one attached hydrogen (secondary N) is 2. The predicted molar refractivity (Wildman–Crippen MR) is 128 cm³/mol. The Bertz CT molecular complexity index is 1210. The van der Waals surface area contributed by atoms with Crippen molar-refractivity contribution in [3.05, 3.63) is 96.7 Å². The van der Waals surface area contributed by atoms with Gasteiger partial charge in [0, 0.05) is 29.5 Å². The van der Waals surface area contributed by atoms with Gasteiger partial charge in [-0.05, 0) is 36.4 Å². The van der Waals surface area contributed by atoms with Crippen LogP contribution in [0.2, 0.25) is 0 Å². The first-order valence-corrected chi connectivity index (χ1v) is 11.1. The normalized spacial score (nSPS) is 10.5. The summed E-state index contributed by atoms with van der Waals surface area (Å²) in [6.45, 7) is 0. The number of imidazole rings is 1. The summed E-state index contributed by atoms with van der Waals surface area (Å²) in [5, 5.41) is 6.18. The van der Waals surface area contributed by atoms with Crippen molar-refractivity contribution >= 4 is 29.3 Å². The van der Waals surface area contributed by atoms with Gasteiger partial charge in [0.15, 0.2) is 5.16 Å². The number of hydrogen-bond donors (Lipinski definition) is 2. The number of amides is 2. The molecule has 4 rings (SSSR count). The number of para-hydroxylation sites is 1. The first kappa shape index (κ1) is 21.4. The molecule has 4 aromatic rings. The molecule has 6 nitrogen and oxygen atoms in total. The van der Waals surface area contributed by atoms with Gasteiger partial charge < -0.3 is 10.6 Å². The van der Waals surface area contributed by atoms with Crippen molar-refractivity contribution in [1.82, 2.24) is 14.9 Å². The monoisotopic (exact) mass is 442 g/mol. The number of carbonyl (C=O) groups excluding carboxylic acids is 2. The first-order valence-electron chi connectivity index (χ1n) is 10.1. The Labute approximate surface area is 190 Å². The molecule has 2 amide bonds. The van der Waals surface area contributed by atoms with E-state index < -0.39 is 0 Å². The molecule has 0 atom stereocenters. The van der Waals surface area contributed by atoms with Crippen LogP contribution in [0, 0.1) is 0 Å². The molecule has 0 aliphatic rings. The summed E-state index contributed by atoms with van der Waals surface area (Å²) < 4.78 is 2.06. The van der Waals surface area contributed by atoms with Gasteiger partial charge in [0.2, 0.25) is 5.91 Å². The number of benzene rings is 3. The number of thioether (sulfide) groups is 1. The lowest BCUT2D eigenvalue weighted by molar-refractivity contribution is -0.113. The molecule has 3 aromatic carbocycles. The predicted octanol–water partition coefficient (Wildman–Crippen LogP) is 4.63. The molecule has 0 radical (unpaired) electrons. The highest BCUT2D eigenvalue weighted by Crippen LogP contribution is 2.29. The van der Waals surface area contributed by atoms with E-state index in [4.69, 9.17) is 0 Å². The maximum absolute atomic E-state index is 12.5. The third-order valence-corrected chi connectivity index (χ3v) is 5.76. The van der Waals surface area contributed by atoms with Crippen LogP contribution in [0.15, 0.2) is 96.3 Å². The maximum Gasteiger partial charge on any atom is 0.251 e. The second kappa shape index (κ2) is 9.98. The van der Waals surface area contributed by atoms with Gasteiger partial charge in [-0.15, -0.1) is 0 Å². The van der Waals surface area contributed by atoms with E-state index in [-0.39, 0.29) is 17.6 Å². The zero-order chi connectivity index (χ0) is 22.3. The topological polar surface area (TPSA) is 76.0 Å². The van der Waals surface area contributed by atoms with E-state index in [1.165, 1.54) is 11.8 Å². The smallest absolute Gasteiger partial charge is 0.251 e. The van der Waals surface area contributed by atoms with Crippen molar-refractivity contribution in [2.24, 2.45) is 0 Å². The van der Waals surface area contributed by atoms with Gasteiger partial charge in [-0.3, -0.25) is 14.2 Å². The molecule has 0 aliphatic carbocycles. The molecule has 2 N–H and O–H groups in total. The molecule has 0 saturated carbocycles. The number of anilines is 1. The molecule has 0 unspecified atom stereocenters. The standard InChI is InChI=1S/C25H22N4O2S/c1-26-24(31)19-12-14-20(15-13-19)28-23(30)17-32-25-27-16-22(18-8-4-2-5-9-18)29(25)21-10-6-3-7-11-21/h2-16H,17H2,1H3,(H,26,31)(H,28,30). The molecule has 0 spiro atoms. The zero-order valence-corrected chi connectivity index (χ0v) is 18.3. The fourth-order valence-electron chi connectivity index (χ4n) is 3.25. The number of rotatable bonds is 7. The first-order chi connectivity index (χ1) is 15.7. The van der Waals surface area contributed by atoms with E-state index in [1.54, 1.807) is 31.3 Å². The van der Waals surface area contributed by atoms with Crippen LogP contribution < -0.4 is 10.6 Å². The third-order valence-electron chi connectivity index (χ3n) is 4.80. The Hall–Kier alpha value is -3.84. The average Bonchev–Trinajstić information content (AvgIpc) is 3.28. The highest BCUT2D eigenvalue weighted by Gasteiger charge is 2.15. The van der Waals surface area contributed by atoms with Crippen molar-refractivity contribution in [2.45, 2.75) is 5.16 Å². The quantitative estimate of drug-likeness (QED) is 0.409. The fourth-order valence-corrected chi connectivity index (χ4v) is 4.04. The van der Waals surface area contributed by atoms with Gasteiger partial charge in [-0.2, -0.15) is 0 Å². The number of aromatic nitrogens is 2.